The first kappa shape index (κ1) is 22.7. The van der Waals surface area contributed by atoms with Crippen LogP contribution < -0.4 is 16.0 Å². The number of hydrogen-bond acceptors (Lipinski definition) is 6. The zero-order valence-electron chi connectivity index (χ0n) is 23.2. The lowest BCUT2D eigenvalue weighted by atomic mass is 9.54. The fourth-order valence-corrected chi connectivity index (χ4v) is 10.3. The van der Waals surface area contributed by atoms with Crippen LogP contribution in [-0.4, -0.2) is 74.0 Å². The van der Waals surface area contributed by atoms with E-state index in [4.69, 9.17) is 0 Å². The average Bonchev–Trinajstić information content (AvgIpc) is 3.76. The molecule has 0 aromatic heterocycles. The van der Waals surface area contributed by atoms with E-state index in [0.29, 0.717) is 6.17 Å². The Hall–Kier alpha value is -3.06. The van der Waals surface area contributed by atoms with E-state index in [9.17, 15) is 0 Å². The highest BCUT2D eigenvalue weighted by Crippen LogP contribution is 2.67. The highest BCUT2D eigenvalue weighted by atomic mass is 15.4. The third-order valence-electron chi connectivity index (χ3n) is 11.8. The summed E-state index contributed by atoms with van der Waals surface area (Å²) >= 11 is 0. The Morgan fingerprint density at radius 3 is 1.82 bits per heavy atom. The number of hydrogen-bond donors (Lipinski definition) is 3. The molecule has 6 aliphatic heterocycles. The Morgan fingerprint density at radius 1 is 0.538 bits per heavy atom. The van der Waals surface area contributed by atoms with Gasteiger partial charge in [-0.1, -0.05) is 54.6 Å². The van der Waals surface area contributed by atoms with Crippen molar-refractivity contribution in [2.45, 2.75) is 54.0 Å². The van der Waals surface area contributed by atoms with Gasteiger partial charge < -0.3 is 16.0 Å². The topological polar surface area (TPSA) is 45.8 Å². The summed E-state index contributed by atoms with van der Waals surface area (Å²) in [5.41, 5.74) is 9.96. The second kappa shape index (κ2) is 7.36. The summed E-state index contributed by atoms with van der Waals surface area (Å²) in [5.74, 6) is 0. The molecule has 6 atom stereocenters. The maximum atomic E-state index is 4.25. The summed E-state index contributed by atoms with van der Waals surface area (Å²) in [4.78, 5) is 7.70. The number of rotatable bonds is 2. The number of likely N-dealkylation sites (tertiary alicyclic amines) is 3. The van der Waals surface area contributed by atoms with Gasteiger partial charge in [-0.25, -0.2) is 0 Å². The predicted octanol–water partition coefficient (Wildman–Crippen LogP) is 4.41. The van der Waals surface area contributed by atoms with Crippen LogP contribution in [0.3, 0.4) is 0 Å². The third-order valence-corrected chi connectivity index (χ3v) is 11.8. The molecule has 6 heterocycles. The number of anilines is 3. The van der Waals surface area contributed by atoms with Crippen LogP contribution in [0, 0.1) is 0 Å². The predicted molar refractivity (Wildman–Crippen MR) is 157 cm³/mol. The van der Waals surface area contributed by atoms with E-state index in [0.717, 1.165) is 26.1 Å². The fraction of sp³-hybridized carbons (Fsp3) is 0.455. The molecular formula is C33H38N6. The van der Waals surface area contributed by atoms with E-state index in [1.165, 1.54) is 46.6 Å². The number of para-hydroxylation sites is 3. The van der Waals surface area contributed by atoms with Crippen molar-refractivity contribution < 1.29 is 0 Å². The number of fused-ring (bicyclic) bond motifs is 10. The zero-order valence-corrected chi connectivity index (χ0v) is 23.2. The van der Waals surface area contributed by atoms with Crippen LogP contribution in [0.25, 0.3) is 0 Å². The van der Waals surface area contributed by atoms with Gasteiger partial charge in [-0.05, 0) is 74.8 Å². The fourth-order valence-electron chi connectivity index (χ4n) is 10.3. The lowest BCUT2D eigenvalue weighted by Gasteiger charge is -2.48. The monoisotopic (exact) mass is 518 g/mol. The summed E-state index contributed by atoms with van der Waals surface area (Å²) < 4.78 is 0. The Balaban J connectivity index is 1.31. The zero-order chi connectivity index (χ0) is 26.1. The van der Waals surface area contributed by atoms with Crippen LogP contribution >= 0.6 is 0 Å². The number of nitrogens with zero attached hydrogens (tertiary/aromatic N) is 3. The van der Waals surface area contributed by atoms with Crippen molar-refractivity contribution in [2.75, 3.05) is 56.7 Å². The Kier molecular flexibility index (Phi) is 4.29. The van der Waals surface area contributed by atoms with Crippen molar-refractivity contribution in [3.8, 4) is 0 Å². The van der Waals surface area contributed by atoms with E-state index < -0.39 is 0 Å². The second-order valence-corrected chi connectivity index (χ2v) is 13.1. The van der Waals surface area contributed by atoms with E-state index >= 15 is 0 Å². The van der Waals surface area contributed by atoms with Crippen molar-refractivity contribution in [1.29, 1.82) is 0 Å². The highest BCUT2D eigenvalue weighted by Gasteiger charge is 2.71. The normalized spacial score (nSPS) is 37.9. The van der Waals surface area contributed by atoms with Crippen LogP contribution in [0.15, 0.2) is 66.7 Å². The molecule has 0 unspecified atom stereocenters. The van der Waals surface area contributed by atoms with Crippen molar-refractivity contribution in [2.24, 2.45) is 0 Å². The molecule has 0 amide bonds. The van der Waals surface area contributed by atoms with E-state index in [2.05, 4.69) is 119 Å². The largest absolute Gasteiger partial charge is 0.369 e. The Bertz CT molecular complexity index is 1520. The molecule has 6 aliphatic rings. The lowest BCUT2D eigenvalue weighted by Crippen LogP contribution is -2.60. The number of nitrogens with one attached hydrogen (secondary N) is 3. The van der Waals surface area contributed by atoms with Gasteiger partial charge in [0.2, 0.25) is 0 Å². The summed E-state index contributed by atoms with van der Waals surface area (Å²) in [5, 5.41) is 12.2. The summed E-state index contributed by atoms with van der Waals surface area (Å²) in [6.07, 6.45) is 4.32. The maximum Gasteiger partial charge on any atom is 0.0933 e. The minimum absolute atomic E-state index is 0.00961. The van der Waals surface area contributed by atoms with Crippen LogP contribution in [-0.2, 0) is 16.2 Å². The summed E-state index contributed by atoms with van der Waals surface area (Å²) in [7, 11) is 6.93. The SMILES string of the molecule is CN1CC[C@]2(c3cccc4c3N[C@@H]3N(C)CC[C@]43[C@@]34CCN(C)[C@@H]3Nc3ccccc34)c3ccccc3N[C@H]12. The molecule has 200 valence electrons. The molecule has 3 fully saturated rings. The van der Waals surface area contributed by atoms with Gasteiger partial charge in [0.05, 0.1) is 23.9 Å². The molecule has 3 N–H and O–H groups in total. The first-order valence-corrected chi connectivity index (χ1v) is 14.8. The highest BCUT2D eigenvalue weighted by molar-refractivity contribution is 5.78. The summed E-state index contributed by atoms with van der Waals surface area (Å²) in [6, 6.07) is 25.5. The van der Waals surface area contributed by atoms with Gasteiger partial charge in [0.15, 0.2) is 0 Å². The molecule has 0 spiro atoms. The molecule has 9 rings (SSSR count). The van der Waals surface area contributed by atoms with E-state index in [-0.39, 0.29) is 28.6 Å². The van der Waals surface area contributed by atoms with Gasteiger partial charge >= 0.3 is 0 Å². The minimum Gasteiger partial charge on any atom is -0.369 e. The molecule has 0 saturated carbocycles. The summed E-state index contributed by atoms with van der Waals surface area (Å²) in [6.45, 7) is 3.33. The van der Waals surface area contributed by atoms with Crippen LogP contribution in [0.4, 0.5) is 17.1 Å². The van der Waals surface area contributed by atoms with Gasteiger partial charge in [0, 0.05) is 47.5 Å². The smallest absolute Gasteiger partial charge is 0.0933 e. The lowest BCUT2D eigenvalue weighted by molar-refractivity contribution is 0.147. The van der Waals surface area contributed by atoms with Gasteiger partial charge in [-0.3, -0.25) is 14.7 Å². The van der Waals surface area contributed by atoms with Crippen molar-refractivity contribution in [3.63, 3.8) is 0 Å². The molecule has 3 aromatic carbocycles. The van der Waals surface area contributed by atoms with Gasteiger partial charge in [-0.15, -0.1) is 0 Å². The average molecular weight is 519 g/mol. The van der Waals surface area contributed by atoms with Crippen molar-refractivity contribution in [1.82, 2.24) is 14.7 Å². The van der Waals surface area contributed by atoms with Crippen molar-refractivity contribution >= 4 is 17.1 Å². The Morgan fingerprint density at radius 2 is 1.05 bits per heavy atom. The van der Waals surface area contributed by atoms with Gasteiger partial charge in [-0.2, -0.15) is 0 Å². The molecule has 3 aromatic rings. The third kappa shape index (κ3) is 2.39. The molecule has 0 aliphatic carbocycles. The minimum atomic E-state index is -0.0581. The van der Waals surface area contributed by atoms with Crippen LogP contribution in [0.2, 0.25) is 0 Å². The van der Waals surface area contributed by atoms with Crippen molar-refractivity contribution in [3.05, 3.63) is 89.0 Å². The van der Waals surface area contributed by atoms with E-state index in [1.807, 2.05) is 0 Å². The molecule has 0 radical (unpaired) electrons. The molecule has 6 nitrogen and oxygen atoms in total. The molecule has 0 bridgehead atoms. The molecule has 39 heavy (non-hydrogen) atoms. The molecule has 3 saturated heterocycles. The molecular weight excluding hydrogens is 480 g/mol. The Labute approximate surface area is 231 Å². The van der Waals surface area contributed by atoms with E-state index in [1.54, 1.807) is 5.56 Å². The number of benzene rings is 3. The van der Waals surface area contributed by atoms with Crippen LogP contribution in [0.1, 0.15) is 41.5 Å². The standard InChI is InChI=1S/C33H38N6/c1-37-18-15-31(21-9-4-6-13-25(21)34-28(31)37)23-11-8-12-24-27(23)36-30-33(24,17-20-39(30)3)32-16-19-38(2)29(32)35-26-14-7-5-10-22(26)32/h4-14,28-30,34-36H,15-20H2,1-3H3/t28-,29+,30-,31-,32-,33+/m1/s1. The number of likely N-dealkylation sites (N-methyl/N-ethyl adjacent to an activating group) is 3. The first-order chi connectivity index (χ1) is 19.0. The van der Waals surface area contributed by atoms with Gasteiger partial charge in [0.1, 0.15) is 0 Å². The quantitative estimate of drug-likeness (QED) is 0.467. The van der Waals surface area contributed by atoms with Crippen LogP contribution in [0.5, 0.6) is 0 Å². The second-order valence-electron chi connectivity index (χ2n) is 13.1. The maximum absolute atomic E-state index is 4.25. The molecule has 6 heteroatoms. The van der Waals surface area contributed by atoms with Gasteiger partial charge in [0.25, 0.3) is 0 Å². The first-order valence-electron chi connectivity index (χ1n) is 14.8.